The number of rotatable bonds is 6. The highest BCUT2D eigenvalue weighted by atomic mass is 31.1. The van der Waals surface area contributed by atoms with Crippen molar-refractivity contribution in [3.8, 4) is 0 Å². The molecule has 0 N–H and O–H groups in total. The molecule has 0 aliphatic carbocycles. The fourth-order valence-electron chi connectivity index (χ4n) is 4.03. The number of anilines is 1. The van der Waals surface area contributed by atoms with Gasteiger partial charge in [0.25, 0.3) is 0 Å². The minimum atomic E-state index is -0.854. The second-order valence-electron chi connectivity index (χ2n) is 8.05. The second kappa shape index (κ2) is 9.94. The quantitative estimate of drug-likeness (QED) is 0.178. The highest BCUT2D eigenvalue weighted by Crippen LogP contribution is 2.44. The van der Waals surface area contributed by atoms with Crippen LogP contribution in [0.3, 0.4) is 0 Å². The van der Waals surface area contributed by atoms with Crippen molar-refractivity contribution in [3.63, 3.8) is 0 Å². The molecule has 0 unspecified atom stereocenters. The Kier molecular flexibility index (Phi) is 6.83. The second-order valence-corrected chi connectivity index (χ2v) is 10.1. The molecule has 0 radical (unpaired) electrons. The van der Waals surface area contributed by atoms with Crippen LogP contribution in [0.4, 0.5) is 11.4 Å². The topological polar surface area (TPSA) is 15.6 Å². The molecule has 0 saturated heterocycles. The summed E-state index contributed by atoms with van der Waals surface area (Å²) in [6, 6.07) is 34.4. The largest absolute Gasteiger partial charge is 0.302 e. The average Bonchev–Trinajstić information content (AvgIpc) is 2.80. The van der Waals surface area contributed by atoms with Crippen molar-refractivity contribution in [3.05, 3.63) is 119 Å². The lowest BCUT2D eigenvalue weighted by molar-refractivity contribution is 1.30. The maximum Gasteiger partial charge on any atom is 0.0996 e. The van der Waals surface area contributed by atoms with Gasteiger partial charge in [0.05, 0.1) is 25.8 Å². The molecule has 0 bridgehead atoms. The van der Waals surface area contributed by atoms with Gasteiger partial charge in [0.1, 0.15) is 0 Å². The van der Waals surface area contributed by atoms with Crippen LogP contribution in [0.25, 0.3) is 0 Å². The molecular weight excluding hydrogens is 407 g/mol. The fourth-order valence-corrected chi connectivity index (χ4v) is 6.41. The lowest BCUT2D eigenvalue weighted by Gasteiger charge is -2.33. The van der Waals surface area contributed by atoms with Crippen LogP contribution in [0.2, 0.25) is 0 Å². The van der Waals surface area contributed by atoms with Gasteiger partial charge < -0.3 is 4.67 Å². The summed E-state index contributed by atoms with van der Waals surface area (Å²) in [6.07, 6.45) is 2.05. The highest BCUT2D eigenvalue weighted by molar-refractivity contribution is 7.75. The zero-order valence-electron chi connectivity index (χ0n) is 19.2. The van der Waals surface area contributed by atoms with Gasteiger partial charge in [-0.3, -0.25) is 0 Å². The van der Waals surface area contributed by atoms with Gasteiger partial charge in [-0.1, -0.05) is 97.1 Å². The van der Waals surface area contributed by atoms with Crippen molar-refractivity contribution in [2.45, 2.75) is 27.7 Å². The van der Waals surface area contributed by atoms with Gasteiger partial charge in [-0.15, -0.1) is 0 Å². The van der Waals surface area contributed by atoms with Gasteiger partial charge in [-0.05, 0) is 49.9 Å². The third kappa shape index (κ3) is 4.66. The number of para-hydroxylation sites is 2. The molecule has 0 spiro atoms. The van der Waals surface area contributed by atoms with E-state index in [1.165, 1.54) is 38.6 Å². The van der Waals surface area contributed by atoms with Crippen LogP contribution in [0, 0.1) is 27.7 Å². The van der Waals surface area contributed by atoms with E-state index in [1.54, 1.807) is 0 Å². The number of benzene rings is 4. The Labute approximate surface area is 193 Å². The number of aryl methyl sites for hydroxylation is 4. The number of nitrogens with zero attached hydrogens (tertiary/aromatic N) is 2. The Balaban J connectivity index is 1.94. The van der Waals surface area contributed by atoms with Gasteiger partial charge in [0.15, 0.2) is 0 Å². The summed E-state index contributed by atoms with van der Waals surface area (Å²) in [7, 11) is -0.854. The maximum absolute atomic E-state index is 5.05. The molecule has 0 atom stereocenters. The van der Waals surface area contributed by atoms with E-state index in [2.05, 4.69) is 136 Å². The molecule has 0 aliphatic rings. The third-order valence-corrected chi connectivity index (χ3v) is 7.93. The molecule has 0 aliphatic heterocycles. The van der Waals surface area contributed by atoms with E-state index in [9.17, 15) is 0 Å². The van der Waals surface area contributed by atoms with Crippen molar-refractivity contribution >= 4 is 36.4 Å². The maximum atomic E-state index is 5.05. The first-order valence-corrected chi connectivity index (χ1v) is 12.2. The lowest BCUT2D eigenvalue weighted by Crippen LogP contribution is -2.28. The Hall–Kier alpha value is -3.22. The smallest absolute Gasteiger partial charge is 0.0996 e. The Bertz CT molecular complexity index is 1140. The molecule has 4 aromatic carbocycles. The van der Waals surface area contributed by atoms with Crippen LogP contribution in [0.1, 0.15) is 22.3 Å². The van der Waals surface area contributed by atoms with E-state index in [1.807, 2.05) is 0 Å². The number of hydrogen-bond donors (Lipinski definition) is 0. The Morgan fingerprint density at radius 3 is 1.47 bits per heavy atom. The SMILES string of the molecule is Cc1cccc(C)c1N=CN(c1c(C)cccc1C)P(c1ccccc1)c1ccccc1. The normalized spacial score (nSPS) is 11.3. The van der Waals surface area contributed by atoms with E-state index in [-0.39, 0.29) is 0 Å². The molecule has 2 nitrogen and oxygen atoms in total. The predicted octanol–water partition coefficient (Wildman–Crippen LogP) is 7.13. The molecule has 0 saturated carbocycles. The molecule has 4 rings (SSSR count). The molecule has 4 aromatic rings. The van der Waals surface area contributed by atoms with Gasteiger partial charge in [0, 0.05) is 10.6 Å². The molecular formula is C29H29N2P. The van der Waals surface area contributed by atoms with Crippen LogP contribution in [0.15, 0.2) is 102 Å². The van der Waals surface area contributed by atoms with Gasteiger partial charge in [-0.25, -0.2) is 4.99 Å². The zero-order chi connectivity index (χ0) is 22.5. The van der Waals surface area contributed by atoms with Crippen molar-refractivity contribution in [1.82, 2.24) is 0 Å². The van der Waals surface area contributed by atoms with Crippen LogP contribution in [-0.4, -0.2) is 6.34 Å². The van der Waals surface area contributed by atoms with E-state index in [4.69, 9.17) is 4.99 Å². The summed E-state index contributed by atoms with van der Waals surface area (Å²) in [4.78, 5) is 5.05. The third-order valence-electron chi connectivity index (χ3n) is 5.62. The fraction of sp³-hybridized carbons (Fsp3) is 0.138. The standard InChI is InChI=1S/C29H29N2P/c1-22-13-11-14-23(2)28(22)30-21-31(29-24(3)15-12-16-25(29)4)32(26-17-7-5-8-18-26)27-19-9-6-10-20-27/h5-21H,1-4H3. The van der Waals surface area contributed by atoms with Gasteiger partial charge in [-0.2, -0.15) is 0 Å². The molecule has 0 fully saturated rings. The van der Waals surface area contributed by atoms with Crippen LogP contribution in [-0.2, 0) is 0 Å². The molecule has 0 heterocycles. The first kappa shape index (κ1) is 22.0. The molecule has 160 valence electrons. The van der Waals surface area contributed by atoms with E-state index < -0.39 is 8.07 Å². The molecule has 32 heavy (non-hydrogen) atoms. The van der Waals surface area contributed by atoms with Crippen molar-refractivity contribution < 1.29 is 0 Å². The van der Waals surface area contributed by atoms with Crippen molar-refractivity contribution in [1.29, 1.82) is 0 Å². The minimum Gasteiger partial charge on any atom is -0.302 e. The lowest BCUT2D eigenvalue weighted by atomic mass is 10.1. The van der Waals surface area contributed by atoms with Crippen LogP contribution in [0.5, 0.6) is 0 Å². The summed E-state index contributed by atoms with van der Waals surface area (Å²) < 4.78 is 2.40. The van der Waals surface area contributed by atoms with Crippen molar-refractivity contribution in [2.75, 3.05) is 4.67 Å². The average molecular weight is 437 g/mol. The van der Waals surface area contributed by atoms with Gasteiger partial charge >= 0.3 is 0 Å². The molecule has 0 aromatic heterocycles. The van der Waals surface area contributed by atoms with Gasteiger partial charge in [0.2, 0.25) is 0 Å². The number of aliphatic imine (C=N–C) groups is 1. The number of hydrogen-bond acceptors (Lipinski definition) is 1. The Morgan fingerprint density at radius 1 is 0.562 bits per heavy atom. The highest BCUT2D eigenvalue weighted by Gasteiger charge is 2.24. The summed E-state index contributed by atoms with van der Waals surface area (Å²) in [5.41, 5.74) is 7.13. The zero-order valence-corrected chi connectivity index (χ0v) is 20.1. The minimum absolute atomic E-state index is 0.854. The van der Waals surface area contributed by atoms with E-state index in [0.717, 1.165) is 5.69 Å². The Morgan fingerprint density at radius 2 is 1.00 bits per heavy atom. The van der Waals surface area contributed by atoms with E-state index >= 15 is 0 Å². The monoisotopic (exact) mass is 436 g/mol. The van der Waals surface area contributed by atoms with E-state index in [0.29, 0.717) is 0 Å². The predicted molar refractivity (Wildman–Crippen MR) is 142 cm³/mol. The summed E-state index contributed by atoms with van der Waals surface area (Å²) in [6.45, 7) is 8.62. The molecule has 0 amide bonds. The van der Waals surface area contributed by atoms with Crippen molar-refractivity contribution in [2.24, 2.45) is 4.99 Å². The van der Waals surface area contributed by atoms with Crippen LogP contribution >= 0.6 is 8.07 Å². The first-order chi connectivity index (χ1) is 15.6. The molecule has 3 heteroatoms. The first-order valence-electron chi connectivity index (χ1n) is 10.9. The summed E-state index contributed by atoms with van der Waals surface area (Å²) >= 11 is 0. The summed E-state index contributed by atoms with van der Waals surface area (Å²) in [5, 5.41) is 2.59. The summed E-state index contributed by atoms with van der Waals surface area (Å²) in [5.74, 6) is 0. The van der Waals surface area contributed by atoms with Crippen LogP contribution < -0.4 is 15.3 Å².